The first-order valence-electron chi connectivity index (χ1n) is 9.92. The van der Waals surface area contributed by atoms with Crippen molar-refractivity contribution in [3.05, 3.63) is 65.8 Å². The first-order chi connectivity index (χ1) is 13.4. The van der Waals surface area contributed by atoms with Crippen molar-refractivity contribution in [2.75, 3.05) is 13.1 Å². The van der Waals surface area contributed by atoms with Gasteiger partial charge in [0.2, 0.25) is 11.7 Å². The third kappa shape index (κ3) is 3.65. The van der Waals surface area contributed by atoms with E-state index in [1.165, 1.54) is 43.5 Å². The number of aromatic nitrogens is 3. The van der Waals surface area contributed by atoms with Crippen molar-refractivity contribution in [2.24, 2.45) is 0 Å². The summed E-state index contributed by atoms with van der Waals surface area (Å²) in [6, 6.07) is 12.7. The van der Waals surface area contributed by atoms with Gasteiger partial charge in [-0.2, -0.15) is 4.98 Å². The van der Waals surface area contributed by atoms with Gasteiger partial charge in [-0.15, -0.1) is 0 Å². The molecule has 1 aliphatic carbocycles. The minimum Gasteiger partial charge on any atom is -0.339 e. The highest BCUT2D eigenvalue weighted by molar-refractivity contribution is 5.55. The van der Waals surface area contributed by atoms with E-state index >= 15 is 0 Å². The fourth-order valence-corrected chi connectivity index (χ4v) is 4.12. The Morgan fingerprint density at radius 3 is 2.81 bits per heavy atom. The number of piperidine rings is 1. The van der Waals surface area contributed by atoms with Gasteiger partial charge in [0.05, 0.1) is 0 Å². The van der Waals surface area contributed by atoms with Crippen LogP contribution >= 0.6 is 0 Å². The highest BCUT2D eigenvalue weighted by atomic mass is 16.5. The van der Waals surface area contributed by atoms with Crippen LogP contribution in [-0.4, -0.2) is 33.1 Å². The molecule has 1 saturated heterocycles. The van der Waals surface area contributed by atoms with Crippen LogP contribution in [0.4, 0.5) is 0 Å². The summed E-state index contributed by atoms with van der Waals surface area (Å²) in [4.78, 5) is 11.4. The van der Waals surface area contributed by atoms with E-state index in [0.717, 1.165) is 24.4 Å². The van der Waals surface area contributed by atoms with Crippen molar-refractivity contribution in [3.8, 4) is 11.4 Å². The highest BCUT2D eigenvalue weighted by Crippen LogP contribution is 2.54. The summed E-state index contributed by atoms with van der Waals surface area (Å²) < 4.78 is 5.59. The molecule has 2 aromatic heterocycles. The Balaban J connectivity index is 1.29. The van der Waals surface area contributed by atoms with Gasteiger partial charge in [0.1, 0.15) is 0 Å². The average molecular weight is 360 g/mol. The van der Waals surface area contributed by atoms with Gasteiger partial charge in [-0.1, -0.05) is 35.8 Å². The Hall–Kier alpha value is -2.53. The third-order valence-electron chi connectivity index (χ3n) is 5.70. The van der Waals surface area contributed by atoms with Crippen LogP contribution in [0.1, 0.15) is 54.5 Å². The van der Waals surface area contributed by atoms with Crippen LogP contribution in [0.2, 0.25) is 0 Å². The molecular weight excluding hydrogens is 336 g/mol. The monoisotopic (exact) mass is 360 g/mol. The Bertz CT molecular complexity index is 901. The number of pyridine rings is 1. The van der Waals surface area contributed by atoms with Crippen molar-refractivity contribution < 1.29 is 4.52 Å². The maximum atomic E-state index is 5.59. The minimum atomic E-state index is 0.326. The van der Waals surface area contributed by atoms with Crippen LogP contribution in [0, 0.1) is 0 Å². The first-order valence-corrected chi connectivity index (χ1v) is 9.92. The molecule has 5 heteroatoms. The molecule has 27 heavy (non-hydrogen) atoms. The Morgan fingerprint density at radius 1 is 1.04 bits per heavy atom. The molecule has 0 bridgehead atoms. The normalized spacial score (nSPS) is 22.7. The van der Waals surface area contributed by atoms with Gasteiger partial charge in [0.15, 0.2) is 0 Å². The van der Waals surface area contributed by atoms with Crippen LogP contribution in [0.15, 0.2) is 53.3 Å². The first kappa shape index (κ1) is 16.6. The molecule has 0 unspecified atom stereocenters. The molecule has 1 saturated carbocycles. The molecule has 0 amide bonds. The molecule has 3 aromatic rings. The fraction of sp³-hybridized carbons (Fsp3) is 0.409. The lowest BCUT2D eigenvalue weighted by Gasteiger charge is -2.26. The molecule has 2 fully saturated rings. The number of likely N-dealkylation sites (tertiary alicyclic amines) is 1. The van der Waals surface area contributed by atoms with Gasteiger partial charge in [-0.05, 0) is 61.5 Å². The lowest BCUT2D eigenvalue weighted by atomic mass is 10.1. The Labute approximate surface area is 159 Å². The van der Waals surface area contributed by atoms with E-state index in [2.05, 4.69) is 45.4 Å². The number of benzene rings is 1. The van der Waals surface area contributed by atoms with E-state index in [1.54, 1.807) is 0 Å². The SMILES string of the molecule is c1cc(CN2CCCCC2)cc(-c2noc([C@H]3C[C@H]3c3cccnc3)n2)c1. The standard InChI is InChI=1S/C22H24N4O/c1-2-10-26(11-3-1)15-16-6-4-7-17(12-16)21-24-22(27-25-21)20-13-19(20)18-8-5-9-23-14-18/h4-9,12,14,19-20H,1-3,10-11,13,15H2/t19-,20-/m0/s1. The summed E-state index contributed by atoms with van der Waals surface area (Å²) in [6.45, 7) is 3.41. The zero-order valence-electron chi connectivity index (χ0n) is 15.4. The van der Waals surface area contributed by atoms with Gasteiger partial charge in [-0.3, -0.25) is 9.88 Å². The molecule has 3 heterocycles. The lowest BCUT2D eigenvalue weighted by molar-refractivity contribution is 0.221. The fourth-order valence-electron chi connectivity index (χ4n) is 4.12. The van der Waals surface area contributed by atoms with Crippen molar-refractivity contribution in [2.45, 2.75) is 44.1 Å². The molecular formula is C22H24N4O. The summed E-state index contributed by atoms with van der Waals surface area (Å²) in [5.41, 5.74) is 3.62. The topological polar surface area (TPSA) is 55.1 Å². The summed E-state index contributed by atoms with van der Waals surface area (Å²) in [6.07, 6.45) is 8.79. The van der Waals surface area contributed by atoms with Gasteiger partial charge in [0, 0.05) is 30.4 Å². The highest BCUT2D eigenvalue weighted by Gasteiger charge is 2.43. The molecule has 0 radical (unpaired) electrons. The van der Waals surface area contributed by atoms with E-state index < -0.39 is 0 Å². The third-order valence-corrected chi connectivity index (χ3v) is 5.70. The lowest BCUT2D eigenvalue weighted by Crippen LogP contribution is -2.29. The molecule has 5 rings (SSSR count). The van der Waals surface area contributed by atoms with Gasteiger partial charge in [-0.25, -0.2) is 0 Å². The van der Waals surface area contributed by atoms with Crippen molar-refractivity contribution in [1.82, 2.24) is 20.0 Å². The predicted octanol–water partition coefficient (Wildman–Crippen LogP) is 4.39. The molecule has 0 spiro atoms. The van der Waals surface area contributed by atoms with E-state index in [0.29, 0.717) is 17.7 Å². The molecule has 5 nitrogen and oxygen atoms in total. The Morgan fingerprint density at radius 2 is 1.96 bits per heavy atom. The molecule has 0 N–H and O–H groups in total. The minimum absolute atomic E-state index is 0.326. The van der Waals surface area contributed by atoms with Crippen LogP contribution in [0.3, 0.4) is 0 Å². The number of rotatable bonds is 5. The second-order valence-corrected chi connectivity index (χ2v) is 7.73. The summed E-state index contributed by atoms with van der Waals surface area (Å²) in [5.74, 6) is 2.23. The molecule has 1 aromatic carbocycles. The maximum Gasteiger partial charge on any atom is 0.230 e. The molecule has 2 atom stereocenters. The zero-order valence-corrected chi connectivity index (χ0v) is 15.4. The van der Waals surface area contributed by atoms with Gasteiger partial charge < -0.3 is 4.52 Å². The van der Waals surface area contributed by atoms with E-state index in [-0.39, 0.29) is 0 Å². The predicted molar refractivity (Wildman–Crippen MR) is 103 cm³/mol. The van der Waals surface area contributed by atoms with Crippen molar-refractivity contribution in [3.63, 3.8) is 0 Å². The summed E-state index contributed by atoms with van der Waals surface area (Å²) in [7, 11) is 0. The number of nitrogens with zero attached hydrogens (tertiary/aromatic N) is 4. The van der Waals surface area contributed by atoms with Crippen molar-refractivity contribution in [1.29, 1.82) is 0 Å². The Kier molecular flexibility index (Phi) is 4.46. The maximum absolute atomic E-state index is 5.59. The second kappa shape index (κ2) is 7.24. The molecule has 1 aliphatic heterocycles. The average Bonchev–Trinajstić information content (AvgIpc) is 3.38. The van der Waals surface area contributed by atoms with Gasteiger partial charge in [0.25, 0.3) is 0 Å². The summed E-state index contributed by atoms with van der Waals surface area (Å²) >= 11 is 0. The van der Waals surface area contributed by atoms with Gasteiger partial charge >= 0.3 is 0 Å². The largest absolute Gasteiger partial charge is 0.339 e. The number of hydrogen-bond acceptors (Lipinski definition) is 5. The van der Waals surface area contributed by atoms with Crippen LogP contribution in [0.25, 0.3) is 11.4 Å². The quantitative estimate of drug-likeness (QED) is 0.675. The second-order valence-electron chi connectivity index (χ2n) is 7.73. The smallest absolute Gasteiger partial charge is 0.230 e. The number of hydrogen-bond donors (Lipinski definition) is 0. The van der Waals surface area contributed by atoms with E-state index in [9.17, 15) is 0 Å². The van der Waals surface area contributed by atoms with Crippen molar-refractivity contribution >= 4 is 0 Å². The van der Waals surface area contributed by atoms with Crippen LogP contribution in [0.5, 0.6) is 0 Å². The summed E-state index contributed by atoms with van der Waals surface area (Å²) in [5, 5.41) is 4.25. The molecule has 2 aliphatic rings. The van der Waals surface area contributed by atoms with Crippen LogP contribution in [-0.2, 0) is 6.54 Å². The van der Waals surface area contributed by atoms with E-state index in [1.807, 2.05) is 18.5 Å². The van der Waals surface area contributed by atoms with E-state index in [4.69, 9.17) is 9.51 Å². The molecule has 138 valence electrons. The zero-order chi connectivity index (χ0) is 18.1. The van der Waals surface area contributed by atoms with Crippen LogP contribution < -0.4 is 0 Å².